The number of carbonyl (C=O) groups excluding carboxylic acids is 1. The van der Waals surface area contributed by atoms with Crippen molar-refractivity contribution in [1.29, 1.82) is 0 Å². The van der Waals surface area contributed by atoms with Crippen molar-refractivity contribution in [3.63, 3.8) is 0 Å². The van der Waals surface area contributed by atoms with Crippen LogP contribution in [0.15, 0.2) is 27.6 Å². The lowest BCUT2D eigenvalue weighted by atomic mass is 10.00. The van der Waals surface area contributed by atoms with Crippen LogP contribution in [0.25, 0.3) is 0 Å². The van der Waals surface area contributed by atoms with Crippen molar-refractivity contribution in [1.82, 2.24) is 5.32 Å². The highest BCUT2D eigenvalue weighted by molar-refractivity contribution is 9.10. The van der Waals surface area contributed by atoms with Crippen LogP contribution in [0.4, 0.5) is 8.78 Å². The van der Waals surface area contributed by atoms with E-state index in [1.807, 2.05) is 0 Å². The minimum atomic E-state index is -4.33. The van der Waals surface area contributed by atoms with Gasteiger partial charge in [0.1, 0.15) is 22.0 Å². The average molecular weight is 476 g/mol. The third-order valence-electron chi connectivity index (χ3n) is 4.49. The number of rotatable bonds is 5. The summed E-state index contributed by atoms with van der Waals surface area (Å²) in [4.78, 5) is 11.3. The number of aromatic hydroxyl groups is 2. The van der Waals surface area contributed by atoms with E-state index in [0.717, 1.165) is 12.1 Å². The Morgan fingerprint density at radius 1 is 1.21 bits per heavy atom. The smallest absolute Gasteiger partial charge is 0.257 e. The van der Waals surface area contributed by atoms with Crippen LogP contribution in [-0.4, -0.2) is 31.6 Å². The Morgan fingerprint density at radius 2 is 1.86 bits per heavy atom. The second-order valence-electron chi connectivity index (χ2n) is 6.51. The molecule has 1 fully saturated rings. The van der Waals surface area contributed by atoms with Crippen LogP contribution in [0.1, 0.15) is 40.2 Å². The van der Waals surface area contributed by atoms with Gasteiger partial charge in [0.25, 0.3) is 5.91 Å². The fraction of sp³-hybridized carbons (Fsp3) is 0.278. The summed E-state index contributed by atoms with van der Waals surface area (Å²) in [6, 6.07) is 3.13. The number of phenolic OH excluding ortho intramolecular Hbond substituents is 2. The number of sulfone groups is 1. The van der Waals surface area contributed by atoms with E-state index in [2.05, 4.69) is 21.2 Å². The first-order valence-corrected chi connectivity index (χ1v) is 10.7. The molecule has 3 rings (SSSR count). The van der Waals surface area contributed by atoms with E-state index in [0.29, 0.717) is 12.8 Å². The van der Waals surface area contributed by atoms with Crippen LogP contribution in [0.2, 0.25) is 0 Å². The molecule has 0 spiro atoms. The highest BCUT2D eigenvalue weighted by Gasteiger charge is 2.33. The molecule has 6 nitrogen and oxygen atoms in total. The Labute approximate surface area is 168 Å². The van der Waals surface area contributed by atoms with Gasteiger partial charge in [0.2, 0.25) is 0 Å². The monoisotopic (exact) mass is 475 g/mol. The van der Waals surface area contributed by atoms with Crippen molar-refractivity contribution in [2.75, 3.05) is 7.05 Å². The van der Waals surface area contributed by atoms with E-state index < -0.39 is 55.1 Å². The van der Waals surface area contributed by atoms with E-state index >= 15 is 0 Å². The minimum Gasteiger partial charge on any atom is -0.507 e. The zero-order valence-electron chi connectivity index (χ0n) is 14.6. The largest absolute Gasteiger partial charge is 0.507 e. The van der Waals surface area contributed by atoms with Crippen molar-refractivity contribution in [2.45, 2.75) is 29.4 Å². The second-order valence-corrected chi connectivity index (χ2v) is 9.38. The van der Waals surface area contributed by atoms with E-state index in [4.69, 9.17) is 0 Å². The summed E-state index contributed by atoms with van der Waals surface area (Å²) in [5, 5.41) is 22.4. The van der Waals surface area contributed by atoms with Gasteiger partial charge >= 0.3 is 0 Å². The van der Waals surface area contributed by atoms with Crippen molar-refractivity contribution in [3.8, 4) is 11.5 Å². The average Bonchev–Trinajstić information content (AvgIpc) is 3.45. The zero-order chi connectivity index (χ0) is 20.8. The molecular weight excluding hydrogens is 460 g/mol. The number of hydrogen-bond acceptors (Lipinski definition) is 5. The van der Waals surface area contributed by atoms with E-state index in [1.54, 1.807) is 0 Å². The summed E-state index contributed by atoms with van der Waals surface area (Å²) in [5.41, 5.74) is -0.699. The summed E-state index contributed by atoms with van der Waals surface area (Å²) in [5.74, 6) is -5.81. The summed E-state index contributed by atoms with van der Waals surface area (Å²) in [7, 11) is -3.08. The fourth-order valence-corrected chi connectivity index (χ4v) is 4.99. The number of phenols is 2. The predicted molar refractivity (Wildman–Crippen MR) is 100 cm³/mol. The van der Waals surface area contributed by atoms with Gasteiger partial charge in [-0.2, -0.15) is 0 Å². The Hall–Kier alpha value is -2.20. The summed E-state index contributed by atoms with van der Waals surface area (Å²) < 4.78 is 54.0. The molecule has 3 N–H and O–H groups in total. The van der Waals surface area contributed by atoms with Gasteiger partial charge in [0.05, 0.1) is 5.75 Å². The summed E-state index contributed by atoms with van der Waals surface area (Å²) in [6.45, 7) is 0. The maximum atomic E-state index is 14.7. The first-order valence-electron chi connectivity index (χ1n) is 8.24. The SMILES string of the molecule is CNC(=O)c1c(O)c(CS(=O)(=O)c2cc(Br)cc(F)c2O)cc(C2CC2)c1F. The molecule has 1 aliphatic carbocycles. The van der Waals surface area contributed by atoms with Crippen LogP contribution in [-0.2, 0) is 15.6 Å². The van der Waals surface area contributed by atoms with Gasteiger partial charge < -0.3 is 15.5 Å². The van der Waals surface area contributed by atoms with Crippen LogP contribution in [0.3, 0.4) is 0 Å². The minimum absolute atomic E-state index is 0.0921. The van der Waals surface area contributed by atoms with Crippen LogP contribution in [0, 0.1) is 11.6 Å². The highest BCUT2D eigenvalue weighted by Crippen LogP contribution is 2.45. The maximum absolute atomic E-state index is 14.7. The van der Waals surface area contributed by atoms with Gasteiger partial charge in [0, 0.05) is 17.1 Å². The fourth-order valence-electron chi connectivity index (χ4n) is 2.92. The Kier molecular flexibility index (Phi) is 5.37. The van der Waals surface area contributed by atoms with Crippen molar-refractivity contribution < 1.29 is 32.2 Å². The summed E-state index contributed by atoms with van der Waals surface area (Å²) >= 11 is 2.96. The molecule has 28 heavy (non-hydrogen) atoms. The van der Waals surface area contributed by atoms with Crippen molar-refractivity contribution >= 4 is 31.7 Å². The van der Waals surface area contributed by atoms with Gasteiger partial charge in [0.15, 0.2) is 21.4 Å². The Morgan fingerprint density at radius 3 is 2.43 bits per heavy atom. The van der Waals surface area contributed by atoms with E-state index in [-0.39, 0.29) is 21.5 Å². The molecule has 0 unspecified atom stereocenters. The molecular formula is C18H16BrF2NO5S. The standard InChI is InChI=1S/C18H16BrF2NO5S/c1-22-18(25)14-15(21)11(8-2-3-8)4-9(16(14)23)7-28(26,27)13-6-10(19)5-12(20)17(13)24/h4-6,8,23-24H,2-3,7H2,1H3,(H,22,25). The molecule has 0 aliphatic heterocycles. The molecule has 0 saturated heterocycles. The van der Waals surface area contributed by atoms with Gasteiger partial charge in [-0.3, -0.25) is 4.79 Å². The molecule has 0 radical (unpaired) electrons. The number of amides is 1. The highest BCUT2D eigenvalue weighted by atomic mass is 79.9. The molecule has 1 amide bonds. The van der Waals surface area contributed by atoms with Gasteiger partial charge in [-0.15, -0.1) is 0 Å². The molecule has 0 bridgehead atoms. The van der Waals surface area contributed by atoms with E-state index in [9.17, 15) is 32.2 Å². The van der Waals surface area contributed by atoms with Crippen LogP contribution < -0.4 is 5.32 Å². The maximum Gasteiger partial charge on any atom is 0.257 e. The van der Waals surface area contributed by atoms with Crippen LogP contribution >= 0.6 is 15.9 Å². The Bertz CT molecular complexity index is 1080. The first kappa shape index (κ1) is 20.5. The lowest BCUT2D eigenvalue weighted by Gasteiger charge is -2.15. The Balaban J connectivity index is 2.14. The number of carbonyl (C=O) groups is 1. The molecule has 0 aromatic heterocycles. The lowest BCUT2D eigenvalue weighted by molar-refractivity contribution is 0.0955. The van der Waals surface area contributed by atoms with Gasteiger partial charge in [-0.1, -0.05) is 15.9 Å². The molecule has 0 atom stereocenters. The lowest BCUT2D eigenvalue weighted by Crippen LogP contribution is -2.21. The molecule has 0 heterocycles. The normalized spacial score (nSPS) is 14.1. The molecule has 1 aliphatic rings. The quantitative estimate of drug-likeness (QED) is 0.614. The molecule has 2 aromatic rings. The van der Waals surface area contributed by atoms with Crippen molar-refractivity contribution in [2.24, 2.45) is 0 Å². The number of hydrogen-bond donors (Lipinski definition) is 3. The number of halogens is 3. The molecule has 150 valence electrons. The third kappa shape index (κ3) is 3.70. The zero-order valence-corrected chi connectivity index (χ0v) is 17.0. The third-order valence-corrected chi connectivity index (χ3v) is 6.62. The molecule has 10 heteroatoms. The summed E-state index contributed by atoms with van der Waals surface area (Å²) in [6.07, 6.45) is 1.36. The van der Waals surface area contributed by atoms with Gasteiger partial charge in [-0.25, -0.2) is 17.2 Å². The predicted octanol–water partition coefficient (Wildman–Crippen LogP) is 3.35. The number of nitrogens with one attached hydrogen (secondary N) is 1. The second kappa shape index (κ2) is 7.32. The molecule has 2 aromatic carbocycles. The topological polar surface area (TPSA) is 104 Å². The number of benzene rings is 2. The molecule has 1 saturated carbocycles. The van der Waals surface area contributed by atoms with Crippen molar-refractivity contribution in [3.05, 3.63) is 51.0 Å². The van der Waals surface area contributed by atoms with Crippen LogP contribution in [0.5, 0.6) is 11.5 Å². The van der Waals surface area contributed by atoms with Gasteiger partial charge in [-0.05, 0) is 42.5 Å². The van der Waals surface area contributed by atoms with E-state index in [1.165, 1.54) is 13.1 Å². The first-order chi connectivity index (χ1) is 13.1.